The molecular formula is C13H12N2O4S. The van der Waals surface area contributed by atoms with Crippen LogP contribution < -0.4 is 4.90 Å². The SMILES string of the molecule is O=C(O)c1ccc2nc(N3CC(CO)CC3=O)sc2c1. The van der Waals surface area contributed by atoms with E-state index in [4.69, 9.17) is 10.2 Å². The smallest absolute Gasteiger partial charge is 0.335 e. The molecular weight excluding hydrogens is 280 g/mol. The molecule has 1 aliphatic rings. The summed E-state index contributed by atoms with van der Waals surface area (Å²) in [4.78, 5) is 28.7. The minimum atomic E-state index is -0.987. The minimum absolute atomic E-state index is 0.0176. The fourth-order valence-corrected chi connectivity index (χ4v) is 3.28. The van der Waals surface area contributed by atoms with E-state index < -0.39 is 5.97 Å². The molecule has 0 saturated carbocycles. The van der Waals surface area contributed by atoms with E-state index in [0.717, 1.165) is 4.70 Å². The Labute approximate surface area is 118 Å². The van der Waals surface area contributed by atoms with Crippen LogP contribution in [0, 0.1) is 5.92 Å². The highest BCUT2D eigenvalue weighted by Crippen LogP contribution is 2.33. The molecule has 1 saturated heterocycles. The summed E-state index contributed by atoms with van der Waals surface area (Å²) in [5.41, 5.74) is 0.879. The Balaban J connectivity index is 1.97. The van der Waals surface area contributed by atoms with Crippen molar-refractivity contribution in [3.63, 3.8) is 0 Å². The average molecular weight is 292 g/mol. The molecule has 3 rings (SSSR count). The van der Waals surface area contributed by atoms with Gasteiger partial charge in [-0.3, -0.25) is 9.69 Å². The largest absolute Gasteiger partial charge is 0.478 e. The molecule has 0 aliphatic carbocycles. The zero-order chi connectivity index (χ0) is 14.3. The van der Waals surface area contributed by atoms with Gasteiger partial charge in [-0.25, -0.2) is 9.78 Å². The highest BCUT2D eigenvalue weighted by molar-refractivity contribution is 7.22. The first-order valence-electron chi connectivity index (χ1n) is 6.13. The molecule has 2 heterocycles. The number of nitrogens with zero attached hydrogens (tertiary/aromatic N) is 2. The number of hydrogen-bond acceptors (Lipinski definition) is 5. The summed E-state index contributed by atoms with van der Waals surface area (Å²) in [5, 5.41) is 18.6. The van der Waals surface area contributed by atoms with Crippen molar-refractivity contribution in [2.75, 3.05) is 18.1 Å². The predicted octanol–water partition coefficient (Wildman–Crippen LogP) is 1.34. The lowest BCUT2D eigenvalue weighted by Gasteiger charge is -2.11. The first-order valence-corrected chi connectivity index (χ1v) is 6.95. The quantitative estimate of drug-likeness (QED) is 0.891. The van der Waals surface area contributed by atoms with Crippen LogP contribution in [0.5, 0.6) is 0 Å². The van der Waals surface area contributed by atoms with Gasteiger partial charge in [-0.1, -0.05) is 11.3 Å². The van der Waals surface area contributed by atoms with Crippen molar-refractivity contribution in [3.05, 3.63) is 23.8 Å². The number of anilines is 1. The summed E-state index contributed by atoms with van der Waals surface area (Å²) in [6.07, 6.45) is 0.326. The average Bonchev–Trinajstić information content (AvgIpc) is 3.00. The molecule has 7 heteroatoms. The number of carbonyl (C=O) groups is 2. The van der Waals surface area contributed by atoms with Crippen molar-refractivity contribution in [1.29, 1.82) is 0 Å². The van der Waals surface area contributed by atoms with Crippen molar-refractivity contribution in [3.8, 4) is 0 Å². The van der Waals surface area contributed by atoms with Crippen LogP contribution in [0.3, 0.4) is 0 Å². The molecule has 0 radical (unpaired) electrons. The van der Waals surface area contributed by atoms with Gasteiger partial charge in [-0.05, 0) is 18.2 Å². The third-order valence-corrected chi connectivity index (χ3v) is 4.36. The lowest BCUT2D eigenvalue weighted by Crippen LogP contribution is -2.24. The Morgan fingerprint density at radius 2 is 2.30 bits per heavy atom. The van der Waals surface area contributed by atoms with E-state index in [2.05, 4.69) is 4.98 Å². The zero-order valence-corrected chi connectivity index (χ0v) is 11.3. The molecule has 1 aliphatic heterocycles. The van der Waals surface area contributed by atoms with Gasteiger partial charge in [0, 0.05) is 25.5 Å². The molecule has 1 fully saturated rings. The number of carboxylic acid groups (broad SMARTS) is 1. The lowest BCUT2D eigenvalue weighted by atomic mass is 10.1. The standard InChI is InChI=1S/C13H12N2O4S/c16-6-7-3-11(17)15(5-7)13-14-9-2-1-8(12(18)19)4-10(9)20-13/h1-2,4,7,16H,3,5-6H2,(H,18,19). The fraction of sp³-hybridized carbons (Fsp3) is 0.308. The molecule has 1 aromatic carbocycles. The number of thiazole rings is 1. The van der Waals surface area contributed by atoms with Crippen molar-refractivity contribution in [2.45, 2.75) is 6.42 Å². The molecule has 20 heavy (non-hydrogen) atoms. The molecule has 104 valence electrons. The first-order chi connectivity index (χ1) is 9.58. The monoisotopic (exact) mass is 292 g/mol. The normalized spacial score (nSPS) is 18.9. The van der Waals surface area contributed by atoms with Crippen LogP contribution in [-0.2, 0) is 4.79 Å². The second kappa shape index (κ2) is 4.84. The Hall–Kier alpha value is -1.99. The van der Waals surface area contributed by atoms with Crippen LogP contribution in [0.2, 0.25) is 0 Å². The van der Waals surface area contributed by atoms with Gasteiger partial charge in [0.05, 0.1) is 15.8 Å². The Morgan fingerprint density at radius 3 is 2.95 bits per heavy atom. The maximum atomic E-state index is 11.9. The minimum Gasteiger partial charge on any atom is -0.478 e. The molecule has 1 aromatic heterocycles. The number of aliphatic hydroxyl groups is 1. The molecule has 1 unspecified atom stereocenters. The van der Waals surface area contributed by atoms with Crippen molar-refractivity contribution < 1.29 is 19.8 Å². The molecule has 1 amide bonds. The number of aliphatic hydroxyl groups excluding tert-OH is 1. The van der Waals surface area contributed by atoms with Crippen LogP contribution >= 0.6 is 11.3 Å². The second-order valence-corrected chi connectivity index (χ2v) is 5.75. The van der Waals surface area contributed by atoms with Gasteiger partial charge in [-0.2, -0.15) is 0 Å². The summed E-state index contributed by atoms with van der Waals surface area (Å²) in [6, 6.07) is 4.70. The summed E-state index contributed by atoms with van der Waals surface area (Å²) in [7, 11) is 0. The first kappa shape index (κ1) is 13.0. The highest BCUT2D eigenvalue weighted by atomic mass is 32.1. The molecule has 0 spiro atoms. The Bertz CT molecular complexity index is 697. The van der Waals surface area contributed by atoms with Gasteiger partial charge < -0.3 is 10.2 Å². The van der Waals surface area contributed by atoms with Gasteiger partial charge in [0.25, 0.3) is 0 Å². The van der Waals surface area contributed by atoms with Gasteiger partial charge in [0.1, 0.15) is 0 Å². The second-order valence-electron chi connectivity index (χ2n) is 4.74. The van der Waals surface area contributed by atoms with E-state index in [0.29, 0.717) is 23.6 Å². The van der Waals surface area contributed by atoms with E-state index in [1.807, 2.05) is 0 Å². The summed E-state index contributed by atoms with van der Waals surface area (Å²) in [6.45, 7) is 0.442. The number of amides is 1. The van der Waals surface area contributed by atoms with E-state index in [1.54, 1.807) is 17.0 Å². The highest BCUT2D eigenvalue weighted by Gasteiger charge is 2.31. The van der Waals surface area contributed by atoms with Gasteiger partial charge in [0.15, 0.2) is 5.13 Å². The van der Waals surface area contributed by atoms with E-state index in [9.17, 15) is 9.59 Å². The number of fused-ring (bicyclic) bond motifs is 1. The molecule has 2 aromatic rings. The van der Waals surface area contributed by atoms with Gasteiger partial charge in [-0.15, -0.1) is 0 Å². The topological polar surface area (TPSA) is 90.7 Å². The molecule has 1 atom stereocenters. The van der Waals surface area contributed by atoms with Gasteiger partial charge >= 0.3 is 5.97 Å². The summed E-state index contributed by atoms with van der Waals surface area (Å²) >= 11 is 1.29. The third kappa shape index (κ3) is 2.14. The maximum Gasteiger partial charge on any atom is 0.335 e. The molecule has 6 nitrogen and oxygen atoms in total. The molecule has 2 N–H and O–H groups in total. The number of hydrogen-bond donors (Lipinski definition) is 2. The van der Waals surface area contributed by atoms with Crippen LogP contribution in [0.25, 0.3) is 10.2 Å². The van der Waals surface area contributed by atoms with Gasteiger partial charge in [0.2, 0.25) is 5.91 Å². The predicted molar refractivity (Wildman–Crippen MR) is 74.1 cm³/mol. The number of aromatic carboxylic acids is 1. The van der Waals surface area contributed by atoms with Crippen LogP contribution in [0.15, 0.2) is 18.2 Å². The van der Waals surface area contributed by atoms with Crippen LogP contribution in [0.1, 0.15) is 16.8 Å². The maximum absolute atomic E-state index is 11.9. The van der Waals surface area contributed by atoms with E-state index in [-0.39, 0.29) is 24.0 Å². The third-order valence-electron chi connectivity index (χ3n) is 3.32. The zero-order valence-electron chi connectivity index (χ0n) is 10.4. The van der Waals surface area contributed by atoms with Crippen molar-refractivity contribution in [1.82, 2.24) is 4.98 Å². The van der Waals surface area contributed by atoms with E-state index in [1.165, 1.54) is 17.4 Å². The number of carboxylic acids is 1. The van der Waals surface area contributed by atoms with E-state index >= 15 is 0 Å². The number of aromatic nitrogens is 1. The number of rotatable bonds is 3. The molecule has 0 bridgehead atoms. The van der Waals surface area contributed by atoms with Crippen molar-refractivity contribution >= 4 is 38.6 Å². The van der Waals surface area contributed by atoms with Crippen molar-refractivity contribution in [2.24, 2.45) is 5.92 Å². The number of carbonyl (C=O) groups excluding carboxylic acids is 1. The lowest BCUT2D eigenvalue weighted by molar-refractivity contribution is -0.117. The summed E-state index contributed by atoms with van der Waals surface area (Å²) < 4.78 is 0.736. The van der Waals surface area contributed by atoms with Crippen LogP contribution in [0.4, 0.5) is 5.13 Å². The van der Waals surface area contributed by atoms with Crippen LogP contribution in [-0.4, -0.2) is 40.2 Å². The summed E-state index contributed by atoms with van der Waals surface area (Å²) in [5.74, 6) is -1.09. The Morgan fingerprint density at radius 1 is 1.50 bits per heavy atom. The fourth-order valence-electron chi connectivity index (χ4n) is 2.25. The number of benzene rings is 1. The Kier molecular flexibility index (Phi) is 3.15.